The van der Waals surface area contributed by atoms with Crippen LogP contribution in [0.1, 0.15) is 36.6 Å². The number of para-hydroxylation sites is 1. The molecule has 7 heteroatoms. The van der Waals surface area contributed by atoms with Crippen LogP contribution in [0.5, 0.6) is 11.5 Å². The van der Waals surface area contributed by atoms with Crippen molar-refractivity contribution in [3.8, 4) is 22.9 Å². The second-order valence-electron chi connectivity index (χ2n) is 9.23. The number of nitrogens with zero attached hydrogens (tertiary/aromatic N) is 3. The molecular weight excluding hydrogens is 414 g/mol. The van der Waals surface area contributed by atoms with Gasteiger partial charge in [0.25, 0.3) is 0 Å². The van der Waals surface area contributed by atoms with Gasteiger partial charge in [-0.15, -0.1) is 10.2 Å². The molecule has 4 aromatic rings. The number of ether oxygens (including phenoxy) is 2. The van der Waals surface area contributed by atoms with Crippen molar-refractivity contribution in [2.75, 3.05) is 11.9 Å². The molecular formula is C26H25N5O2. The summed E-state index contributed by atoms with van der Waals surface area (Å²) in [6.07, 6.45) is 0. The summed E-state index contributed by atoms with van der Waals surface area (Å²) in [5.41, 5.74) is 5.52. The van der Waals surface area contributed by atoms with Crippen LogP contribution in [0.3, 0.4) is 0 Å². The molecule has 0 bridgehead atoms. The zero-order valence-corrected chi connectivity index (χ0v) is 18.6. The summed E-state index contributed by atoms with van der Waals surface area (Å²) in [5.74, 6) is 2.73. The average Bonchev–Trinajstić information content (AvgIpc) is 3.38. The van der Waals surface area contributed by atoms with Gasteiger partial charge in [0.15, 0.2) is 0 Å². The first kappa shape index (κ1) is 19.8. The number of fused-ring (bicyclic) bond motifs is 4. The Morgan fingerprint density at radius 1 is 1.06 bits per heavy atom. The molecule has 0 spiro atoms. The van der Waals surface area contributed by atoms with Crippen LogP contribution in [0.2, 0.25) is 0 Å². The van der Waals surface area contributed by atoms with Gasteiger partial charge in [-0.1, -0.05) is 50.2 Å². The Morgan fingerprint density at radius 3 is 2.85 bits per heavy atom. The largest absolute Gasteiger partial charge is 0.493 e. The van der Waals surface area contributed by atoms with E-state index in [1.807, 2.05) is 36.4 Å². The number of rotatable bonds is 4. The summed E-state index contributed by atoms with van der Waals surface area (Å²) in [5, 5.41) is 18.0. The van der Waals surface area contributed by atoms with Crippen LogP contribution in [0, 0.1) is 5.92 Å². The molecule has 1 aromatic heterocycles. The topological polar surface area (TPSA) is 85.0 Å². The molecule has 0 saturated carbocycles. The summed E-state index contributed by atoms with van der Waals surface area (Å²) in [7, 11) is 0. The molecule has 2 atom stereocenters. The number of anilines is 1. The van der Waals surface area contributed by atoms with Crippen LogP contribution >= 0.6 is 0 Å². The molecule has 0 amide bonds. The van der Waals surface area contributed by atoms with Crippen molar-refractivity contribution in [2.45, 2.75) is 31.9 Å². The number of hydrogen-bond donors (Lipinski definition) is 2. The highest BCUT2D eigenvalue weighted by Crippen LogP contribution is 2.52. The first-order valence-corrected chi connectivity index (χ1v) is 11.2. The molecule has 2 aliphatic heterocycles. The Morgan fingerprint density at radius 2 is 1.97 bits per heavy atom. The minimum Gasteiger partial charge on any atom is -0.493 e. The smallest absolute Gasteiger partial charge is 0.204 e. The highest BCUT2D eigenvalue weighted by atomic mass is 16.5. The third-order valence-electron chi connectivity index (χ3n) is 6.93. The summed E-state index contributed by atoms with van der Waals surface area (Å²) in [6, 6.07) is 22.9. The quantitative estimate of drug-likeness (QED) is 0.471. The Kier molecular flexibility index (Phi) is 4.57. The van der Waals surface area contributed by atoms with Gasteiger partial charge in [-0.3, -0.25) is 0 Å². The lowest BCUT2D eigenvalue weighted by Gasteiger charge is -2.48. The average molecular weight is 440 g/mol. The molecule has 0 radical (unpaired) electrons. The van der Waals surface area contributed by atoms with Gasteiger partial charge in [-0.25, -0.2) is 0 Å². The number of nitrogens with one attached hydrogen (secondary N) is 2. The monoisotopic (exact) mass is 439 g/mol. The molecule has 0 saturated heterocycles. The van der Waals surface area contributed by atoms with E-state index in [1.54, 1.807) is 0 Å². The Hall–Kier alpha value is -3.87. The van der Waals surface area contributed by atoms with E-state index in [1.165, 1.54) is 11.1 Å². The second-order valence-corrected chi connectivity index (χ2v) is 9.23. The van der Waals surface area contributed by atoms with E-state index in [2.05, 4.69) is 70.1 Å². The number of H-pyrrole nitrogens is 1. The van der Waals surface area contributed by atoms with E-state index >= 15 is 0 Å². The van der Waals surface area contributed by atoms with E-state index in [0.29, 0.717) is 25.0 Å². The van der Waals surface area contributed by atoms with Gasteiger partial charge in [-0.2, -0.15) is 5.21 Å². The lowest BCUT2D eigenvalue weighted by atomic mass is 9.65. The molecule has 2 unspecified atom stereocenters. The molecule has 3 heterocycles. The standard InChI is InChI=1S/C26H25N5O2/c1-26(2)20-13-18(32-14-16-6-5-7-17(12-16)25-28-30-31-29-25)10-11-22(20)27-24-19-8-3-4-9-23(19)33-15-21(24)26/h3-13,21,24,27H,14-15H2,1-2H3,(H,28,29,30,31). The van der Waals surface area contributed by atoms with Crippen molar-refractivity contribution < 1.29 is 9.47 Å². The molecule has 0 aliphatic carbocycles. The Bertz CT molecular complexity index is 1300. The molecule has 0 fully saturated rings. The fraction of sp³-hybridized carbons (Fsp3) is 0.269. The predicted octanol–water partition coefficient (Wildman–Crippen LogP) is 4.90. The summed E-state index contributed by atoms with van der Waals surface area (Å²) in [6.45, 7) is 5.76. The normalized spacial score (nSPS) is 19.9. The van der Waals surface area contributed by atoms with E-state index in [-0.39, 0.29) is 11.5 Å². The lowest BCUT2D eigenvalue weighted by molar-refractivity contribution is 0.135. The van der Waals surface area contributed by atoms with Gasteiger partial charge in [0.05, 0.1) is 12.6 Å². The number of hydrogen-bond acceptors (Lipinski definition) is 6. The van der Waals surface area contributed by atoms with Gasteiger partial charge in [0, 0.05) is 28.1 Å². The zero-order chi connectivity index (χ0) is 22.4. The van der Waals surface area contributed by atoms with Crippen molar-refractivity contribution in [1.82, 2.24) is 20.6 Å². The van der Waals surface area contributed by atoms with E-state index in [0.717, 1.165) is 28.3 Å². The molecule has 166 valence electrons. The first-order valence-electron chi connectivity index (χ1n) is 11.2. The number of tetrazole rings is 1. The minimum absolute atomic E-state index is 0.0727. The Labute approximate surface area is 192 Å². The Balaban J connectivity index is 1.25. The predicted molar refractivity (Wildman–Crippen MR) is 125 cm³/mol. The first-order chi connectivity index (χ1) is 16.1. The molecule has 2 aliphatic rings. The van der Waals surface area contributed by atoms with Crippen LogP contribution in [0.4, 0.5) is 5.69 Å². The fourth-order valence-electron chi connectivity index (χ4n) is 5.06. The lowest BCUT2D eigenvalue weighted by Crippen LogP contribution is -2.46. The van der Waals surface area contributed by atoms with Crippen molar-refractivity contribution in [1.29, 1.82) is 0 Å². The van der Waals surface area contributed by atoms with E-state index < -0.39 is 0 Å². The summed E-state index contributed by atoms with van der Waals surface area (Å²) < 4.78 is 12.3. The van der Waals surface area contributed by atoms with Crippen LogP contribution in [0.15, 0.2) is 66.7 Å². The van der Waals surface area contributed by atoms with Crippen LogP contribution in [-0.2, 0) is 12.0 Å². The van der Waals surface area contributed by atoms with Gasteiger partial charge < -0.3 is 14.8 Å². The fourth-order valence-corrected chi connectivity index (χ4v) is 5.06. The highest BCUT2D eigenvalue weighted by molar-refractivity contribution is 5.63. The van der Waals surface area contributed by atoms with Crippen molar-refractivity contribution in [2.24, 2.45) is 5.92 Å². The van der Waals surface area contributed by atoms with Crippen LogP contribution in [-0.4, -0.2) is 27.2 Å². The summed E-state index contributed by atoms with van der Waals surface area (Å²) in [4.78, 5) is 0. The molecule has 33 heavy (non-hydrogen) atoms. The number of aromatic nitrogens is 4. The van der Waals surface area contributed by atoms with E-state index in [4.69, 9.17) is 9.47 Å². The maximum Gasteiger partial charge on any atom is 0.204 e. The van der Waals surface area contributed by atoms with Gasteiger partial charge >= 0.3 is 0 Å². The van der Waals surface area contributed by atoms with Crippen molar-refractivity contribution in [3.63, 3.8) is 0 Å². The zero-order valence-electron chi connectivity index (χ0n) is 18.6. The van der Waals surface area contributed by atoms with Crippen molar-refractivity contribution >= 4 is 5.69 Å². The SMILES string of the molecule is CC1(C)c2cc(OCc3cccc(-c4nn[nH]n4)c3)ccc2NC2c3ccccc3OCC21. The van der Waals surface area contributed by atoms with E-state index in [9.17, 15) is 0 Å². The van der Waals surface area contributed by atoms with Gasteiger partial charge in [-0.05, 0) is 46.7 Å². The molecule has 3 aromatic carbocycles. The number of benzene rings is 3. The van der Waals surface area contributed by atoms with Crippen LogP contribution in [0.25, 0.3) is 11.4 Å². The maximum absolute atomic E-state index is 6.19. The second kappa shape index (κ2) is 7.62. The number of aromatic amines is 1. The van der Waals surface area contributed by atoms with Crippen LogP contribution < -0.4 is 14.8 Å². The summed E-state index contributed by atoms with van der Waals surface area (Å²) >= 11 is 0. The highest BCUT2D eigenvalue weighted by Gasteiger charge is 2.46. The van der Waals surface area contributed by atoms with Crippen molar-refractivity contribution in [3.05, 3.63) is 83.4 Å². The molecule has 7 nitrogen and oxygen atoms in total. The molecule has 2 N–H and O–H groups in total. The van der Waals surface area contributed by atoms with Gasteiger partial charge in [0.2, 0.25) is 5.82 Å². The third-order valence-corrected chi connectivity index (χ3v) is 6.93. The third kappa shape index (κ3) is 3.40. The maximum atomic E-state index is 6.19. The molecule has 6 rings (SSSR count). The minimum atomic E-state index is -0.0727. The van der Waals surface area contributed by atoms with Gasteiger partial charge in [0.1, 0.15) is 18.1 Å².